The monoisotopic (exact) mass is 234 g/mol. The van der Waals surface area contributed by atoms with Crippen molar-refractivity contribution >= 4 is 23.1 Å². The summed E-state index contributed by atoms with van der Waals surface area (Å²) in [6.07, 6.45) is 1.69. The highest BCUT2D eigenvalue weighted by Gasteiger charge is 2.21. The summed E-state index contributed by atoms with van der Waals surface area (Å²) in [7, 11) is 3.53. The Bertz CT molecular complexity index is 564. The van der Waals surface area contributed by atoms with Crippen LogP contribution in [0.3, 0.4) is 0 Å². The van der Waals surface area contributed by atoms with E-state index >= 15 is 0 Å². The number of aromatic nitrogens is 3. The molecule has 2 rings (SSSR count). The summed E-state index contributed by atoms with van der Waals surface area (Å²) in [4.78, 5) is 21.2. The van der Waals surface area contributed by atoms with Crippen LogP contribution < -0.4 is 4.90 Å². The number of hydrogen-bond donors (Lipinski definition) is 1. The van der Waals surface area contributed by atoms with Gasteiger partial charge in [0.15, 0.2) is 5.65 Å². The molecule has 6 nitrogen and oxygen atoms in total. The Kier molecular flexibility index (Phi) is 2.71. The first-order chi connectivity index (χ1) is 8.02. The number of hydrogen-bond acceptors (Lipinski definition) is 4. The van der Waals surface area contributed by atoms with E-state index in [-0.39, 0.29) is 0 Å². The van der Waals surface area contributed by atoms with Crippen LogP contribution >= 0.6 is 0 Å². The number of fused-ring (bicyclic) bond motifs is 1. The van der Waals surface area contributed by atoms with Crippen molar-refractivity contribution in [3.8, 4) is 0 Å². The molecule has 0 fully saturated rings. The highest BCUT2D eigenvalue weighted by atomic mass is 16.4. The summed E-state index contributed by atoms with van der Waals surface area (Å²) in [5.41, 5.74) is 1.50. The lowest BCUT2D eigenvalue weighted by molar-refractivity contribution is -0.138. The van der Waals surface area contributed by atoms with Crippen LogP contribution in [0.4, 0.5) is 5.95 Å². The Morgan fingerprint density at radius 2 is 2.29 bits per heavy atom. The van der Waals surface area contributed by atoms with E-state index in [1.165, 1.54) is 0 Å². The molecule has 0 aliphatic rings. The number of rotatable bonds is 3. The topological polar surface area (TPSA) is 71.2 Å². The molecule has 0 saturated heterocycles. The fraction of sp³-hybridized carbons (Fsp3) is 0.364. The van der Waals surface area contributed by atoms with Gasteiger partial charge in [0, 0.05) is 20.3 Å². The lowest BCUT2D eigenvalue weighted by Crippen LogP contribution is -2.37. The minimum absolute atomic E-state index is 0.591. The molecular weight excluding hydrogens is 220 g/mol. The zero-order valence-corrected chi connectivity index (χ0v) is 9.95. The number of carbonyl (C=O) groups is 1. The second-order valence-electron chi connectivity index (χ2n) is 3.94. The fourth-order valence-corrected chi connectivity index (χ4v) is 1.67. The first-order valence-corrected chi connectivity index (χ1v) is 5.25. The zero-order chi connectivity index (χ0) is 12.6. The maximum Gasteiger partial charge on any atom is 0.326 e. The van der Waals surface area contributed by atoms with Gasteiger partial charge in [-0.1, -0.05) is 0 Å². The molecule has 1 N–H and O–H groups in total. The molecule has 0 aliphatic carbocycles. The van der Waals surface area contributed by atoms with Crippen molar-refractivity contribution in [2.75, 3.05) is 11.9 Å². The zero-order valence-electron chi connectivity index (χ0n) is 9.95. The average Bonchev–Trinajstić information content (AvgIpc) is 2.65. The molecular formula is C11H14N4O2. The highest BCUT2D eigenvalue weighted by Crippen LogP contribution is 2.19. The number of imidazole rings is 1. The van der Waals surface area contributed by atoms with Gasteiger partial charge in [-0.15, -0.1) is 0 Å². The number of aryl methyl sites for hydroxylation is 1. The molecule has 2 heterocycles. The molecule has 0 saturated carbocycles. The summed E-state index contributed by atoms with van der Waals surface area (Å²) in [5, 5.41) is 8.99. The van der Waals surface area contributed by atoms with E-state index in [0.29, 0.717) is 5.95 Å². The number of nitrogens with zero attached hydrogens (tertiary/aromatic N) is 4. The largest absolute Gasteiger partial charge is 0.480 e. The van der Waals surface area contributed by atoms with Crippen molar-refractivity contribution in [1.29, 1.82) is 0 Å². The predicted octanol–water partition coefficient (Wildman–Crippen LogP) is 0.878. The van der Waals surface area contributed by atoms with Crippen molar-refractivity contribution in [2.24, 2.45) is 7.05 Å². The minimum atomic E-state index is -0.882. The van der Waals surface area contributed by atoms with E-state index in [1.54, 1.807) is 35.7 Å². The van der Waals surface area contributed by atoms with Crippen molar-refractivity contribution in [1.82, 2.24) is 14.5 Å². The maximum atomic E-state index is 10.9. The summed E-state index contributed by atoms with van der Waals surface area (Å²) < 4.78 is 1.79. The smallest absolute Gasteiger partial charge is 0.326 e. The van der Waals surface area contributed by atoms with Gasteiger partial charge in [0.05, 0.1) is 0 Å². The second-order valence-corrected chi connectivity index (χ2v) is 3.94. The van der Waals surface area contributed by atoms with Gasteiger partial charge >= 0.3 is 5.97 Å². The normalized spacial score (nSPS) is 12.6. The number of anilines is 1. The van der Waals surface area contributed by atoms with Gasteiger partial charge in [-0.25, -0.2) is 14.8 Å². The van der Waals surface area contributed by atoms with Gasteiger partial charge in [-0.05, 0) is 19.1 Å². The Morgan fingerprint density at radius 3 is 2.88 bits per heavy atom. The van der Waals surface area contributed by atoms with Crippen LogP contribution in [0.2, 0.25) is 0 Å². The SMILES string of the molecule is CC(C(=O)O)N(C)c1nc2cccnc2n1C. The molecule has 90 valence electrons. The van der Waals surface area contributed by atoms with E-state index in [2.05, 4.69) is 9.97 Å². The van der Waals surface area contributed by atoms with Gasteiger partial charge in [0.2, 0.25) is 5.95 Å². The fourth-order valence-electron chi connectivity index (χ4n) is 1.67. The van der Waals surface area contributed by atoms with Gasteiger partial charge in [0.25, 0.3) is 0 Å². The van der Waals surface area contributed by atoms with Crippen LogP contribution in [0.15, 0.2) is 18.3 Å². The predicted molar refractivity (Wildman–Crippen MR) is 64.0 cm³/mol. The van der Waals surface area contributed by atoms with Crippen LogP contribution in [0.1, 0.15) is 6.92 Å². The number of carboxylic acid groups (broad SMARTS) is 1. The average molecular weight is 234 g/mol. The molecule has 0 radical (unpaired) electrons. The summed E-state index contributed by atoms with van der Waals surface area (Å²) >= 11 is 0. The molecule has 0 spiro atoms. The first kappa shape index (κ1) is 11.4. The summed E-state index contributed by atoms with van der Waals surface area (Å²) in [6, 6.07) is 3.02. The van der Waals surface area contributed by atoms with Crippen LogP contribution in [0, 0.1) is 0 Å². The quantitative estimate of drug-likeness (QED) is 0.853. The minimum Gasteiger partial charge on any atom is -0.480 e. The highest BCUT2D eigenvalue weighted by molar-refractivity contribution is 5.79. The van der Waals surface area contributed by atoms with E-state index in [9.17, 15) is 4.79 Å². The van der Waals surface area contributed by atoms with Crippen molar-refractivity contribution < 1.29 is 9.90 Å². The van der Waals surface area contributed by atoms with E-state index in [0.717, 1.165) is 11.2 Å². The molecule has 0 amide bonds. The van der Waals surface area contributed by atoms with Crippen LogP contribution in [-0.2, 0) is 11.8 Å². The Balaban J connectivity index is 2.49. The van der Waals surface area contributed by atoms with Crippen LogP contribution in [0.25, 0.3) is 11.2 Å². The van der Waals surface area contributed by atoms with Crippen molar-refractivity contribution in [3.05, 3.63) is 18.3 Å². The number of likely N-dealkylation sites (N-methyl/N-ethyl adjacent to an activating group) is 1. The molecule has 1 unspecified atom stereocenters. The third kappa shape index (κ3) is 1.82. The molecule has 2 aromatic heterocycles. The van der Waals surface area contributed by atoms with Gasteiger partial charge in [-0.3, -0.25) is 4.57 Å². The number of carboxylic acids is 1. The lowest BCUT2D eigenvalue weighted by Gasteiger charge is -2.22. The molecule has 6 heteroatoms. The van der Waals surface area contributed by atoms with Crippen molar-refractivity contribution in [3.63, 3.8) is 0 Å². The lowest BCUT2D eigenvalue weighted by atomic mass is 10.3. The van der Waals surface area contributed by atoms with Gasteiger partial charge in [0.1, 0.15) is 11.6 Å². The standard InChI is InChI=1S/C11H14N4O2/c1-7(10(16)17)14(2)11-13-8-5-4-6-12-9(8)15(11)3/h4-7H,1-3H3,(H,16,17). The van der Waals surface area contributed by atoms with E-state index in [4.69, 9.17) is 5.11 Å². The van der Waals surface area contributed by atoms with Crippen LogP contribution in [-0.4, -0.2) is 38.7 Å². The number of pyridine rings is 1. The van der Waals surface area contributed by atoms with Gasteiger partial charge in [-0.2, -0.15) is 0 Å². The Morgan fingerprint density at radius 1 is 1.59 bits per heavy atom. The molecule has 17 heavy (non-hydrogen) atoms. The molecule has 0 bridgehead atoms. The van der Waals surface area contributed by atoms with E-state index in [1.807, 2.05) is 13.1 Å². The van der Waals surface area contributed by atoms with E-state index < -0.39 is 12.0 Å². The Labute approximate surface area is 98.5 Å². The van der Waals surface area contributed by atoms with Crippen LogP contribution in [0.5, 0.6) is 0 Å². The molecule has 2 aromatic rings. The molecule has 0 aromatic carbocycles. The summed E-state index contributed by atoms with van der Waals surface area (Å²) in [5.74, 6) is -0.291. The third-order valence-corrected chi connectivity index (χ3v) is 2.86. The maximum absolute atomic E-state index is 10.9. The molecule has 1 atom stereocenters. The Hall–Kier alpha value is -2.11. The van der Waals surface area contributed by atoms with Crippen molar-refractivity contribution in [2.45, 2.75) is 13.0 Å². The third-order valence-electron chi connectivity index (χ3n) is 2.86. The first-order valence-electron chi connectivity index (χ1n) is 5.25. The number of aliphatic carboxylic acids is 1. The van der Waals surface area contributed by atoms with Gasteiger partial charge < -0.3 is 10.0 Å². The summed E-state index contributed by atoms with van der Waals surface area (Å²) in [6.45, 7) is 1.62. The molecule has 0 aliphatic heterocycles. The second kappa shape index (κ2) is 4.04.